The number of nitrogens with zero attached hydrogens (tertiary/aromatic N) is 2. The van der Waals surface area contributed by atoms with Gasteiger partial charge in [-0.15, -0.1) is 0 Å². The number of Topliss-reactive ketones (excluding diaryl/α,β-unsaturated/α-hetero) is 1. The van der Waals surface area contributed by atoms with Crippen molar-refractivity contribution >= 4 is 17.6 Å². The van der Waals surface area contributed by atoms with E-state index in [1.54, 1.807) is 42.2 Å². The van der Waals surface area contributed by atoms with Crippen LogP contribution >= 0.6 is 0 Å². The lowest BCUT2D eigenvalue weighted by molar-refractivity contribution is -0.141. The molecule has 218 valence electrons. The number of benzene rings is 1. The van der Waals surface area contributed by atoms with Crippen molar-refractivity contribution in [1.29, 1.82) is 0 Å². The summed E-state index contributed by atoms with van der Waals surface area (Å²) in [5.41, 5.74) is 1.77. The van der Waals surface area contributed by atoms with Gasteiger partial charge < -0.3 is 10.2 Å². The number of likely N-dealkylation sites (tertiary alicyclic amines) is 1. The topological polar surface area (TPSA) is 112 Å². The van der Waals surface area contributed by atoms with Crippen molar-refractivity contribution in [3.05, 3.63) is 86.6 Å². The van der Waals surface area contributed by atoms with Crippen LogP contribution in [0.15, 0.2) is 53.1 Å². The molecule has 1 aromatic heterocycles. The van der Waals surface area contributed by atoms with Crippen LogP contribution in [-0.4, -0.2) is 51.3 Å². The molecule has 0 spiro atoms. The van der Waals surface area contributed by atoms with Gasteiger partial charge in [-0.25, -0.2) is 9.49 Å². The minimum absolute atomic E-state index is 0.0279. The fraction of sp³-hybridized carbons (Fsp3) is 0.469. The molecule has 1 fully saturated rings. The highest BCUT2D eigenvalue weighted by molar-refractivity contribution is 5.97. The fourth-order valence-corrected chi connectivity index (χ4v) is 6.11. The molecule has 9 heteroatoms. The molecule has 3 atom stereocenters. The minimum atomic E-state index is -0.792. The average molecular weight is 563 g/mol. The van der Waals surface area contributed by atoms with Gasteiger partial charge in [-0.3, -0.25) is 19.2 Å². The molecule has 0 radical (unpaired) electrons. The Morgan fingerprint density at radius 1 is 1.17 bits per heavy atom. The number of allylic oxidation sites excluding steroid dienone is 3. The molecule has 2 heterocycles. The van der Waals surface area contributed by atoms with E-state index in [0.29, 0.717) is 42.5 Å². The number of halogens is 1. The molecule has 1 aliphatic carbocycles. The number of carbonyl (C=O) groups is 3. The molecule has 1 saturated heterocycles. The van der Waals surface area contributed by atoms with Crippen molar-refractivity contribution in [3.8, 4) is 0 Å². The summed E-state index contributed by atoms with van der Waals surface area (Å²) in [5.74, 6) is -1.07. The molecular weight excluding hydrogens is 523 g/mol. The zero-order valence-corrected chi connectivity index (χ0v) is 24.6. The van der Waals surface area contributed by atoms with Crippen LogP contribution in [0.25, 0.3) is 0 Å². The van der Waals surface area contributed by atoms with Gasteiger partial charge in [-0.05, 0) is 81.5 Å². The van der Waals surface area contributed by atoms with Crippen LogP contribution in [0.2, 0.25) is 0 Å². The first kappa shape index (κ1) is 30.1. The second kappa shape index (κ2) is 11.5. The molecule has 2 N–H and O–H groups in total. The van der Waals surface area contributed by atoms with Crippen LogP contribution in [0.5, 0.6) is 0 Å². The normalized spacial score (nSPS) is 22.4. The number of ketones is 1. The lowest BCUT2D eigenvalue weighted by atomic mass is 9.75. The molecule has 0 saturated carbocycles. The maximum Gasteiger partial charge on any atom is 0.267 e. The summed E-state index contributed by atoms with van der Waals surface area (Å²) in [5, 5.41) is 9.15. The number of aromatic amines is 1. The van der Waals surface area contributed by atoms with Gasteiger partial charge in [0.1, 0.15) is 11.6 Å². The number of H-pyrrole nitrogens is 1. The Labute approximate surface area is 240 Å². The Morgan fingerprint density at radius 3 is 2.56 bits per heavy atom. The largest absolute Gasteiger partial charge is 0.343 e. The van der Waals surface area contributed by atoms with E-state index in [2.05, 4.69) is 15.5 Å². The van der Waals surface area contributed by atoms with E-state index >= 15 is 0 Å². The Balaban J connectivity index is 1.51. The molecule has 4 rings (SSSR count). The van der Waals surface area contributed by atoms with Crippen molar-refractivity contribution in [2.75, 3.05) is 6.54 Å². The number of carbonyl (C=O) groups excluding carboxylic acids is 3. The van der Waals surface area contributed by atoms with Crippen LogP contribution in [0.3, 0.4) is 0 Å². The van der Waals surface area contributed by atoms with E-state index in [-0.39, 0.29) is 41.7 Å². The SMILES string of the molecule is CC(=O)C(C)(C)[C@H]1CC[C@@H](C2(C)C=C(F)C=CC2)N1C(=O)CNC(=O)c1ccc(Cc2cc(C)n[nH]c2=O)c(C)c1. The molecule has 2 aromatic rings. The van der Waals surface area contributed by atoms with E-state index in [9.17, 15) is 23.6 Å². The van der Waals surface area contributed by atoms with Gasteiger partial charge in [0.05, 0.1) is 12.2 Å². The van der Waals surface area contributed by atoms with Crippen molar-refractivity contribution in [2.24, 2.45) is 10.8 Å². The van der Waals surface area contributed by atoms with Crippen molar-refractivity contribution in [1.82, 2.24) is 20.4 Å². The molecular formula is C32H39FN4O4. The lowest BCUT2D eigenvalue weighted by Gasteiger charge is -2.44. The first-order valence-electron chi connectivity index (χ1n) is 14.0. The second-order valence-electron chi connectivity index (χ2n) is 12.2. The summed E-state index contributed by atoms with van der Waals surface area (Å²) in [6.45, 7) is 10.6. The van der Waals surface area contributed by atoms with Crippen LogP contribution in [0.1, 0.15) is 79.7 Å². The van der Waals surface area contributed by atoms with Crippen molar-refractivity contribution in [2.45, 2.75) is 79.3 Å². The van der Waals surface area contributed by atoms with E-state index in [1.165, 1.54) is 13.0 Å². The van der Waals surface area contributed by atoms with Gasteiger partial charge >= 0.3 is 0 Å². The molecule has 0 bridgehead atoms. The maximum atomic E-state index is 14.3. The first-order chi connectivity index (χ1) is 19.2. The number of hydrogen-bond donors (Lipinski definition) is 2. The third-order valence-corrected chi connectivity index (χ3v) is 8.87. The number of nitrogens with one attached hydrogen (secondary N) is 2. The molecule has 8 nitrogen and oxygen atoms in total. The van der Waals surface area contributed by atoms with Gasteiger partial charge in [0.25, 0.3) is 11.5 Å². The quantitative estimate of drug-likeness (QED) is 0.492. The number of rotatable bonds is 8. The monoisotopic (exact) mass is 562 g/mol. The Hall–Kier alpha value is -3.88. The van der Waals surface area contributed by atoms with E-state index in [4.69, 9.17) is 0 Å². The molecule has 2 amide bonds. The van der Waals surface area contributed by atoms with Crippen molar-refractivity contribution < 1.29 is 18.8 Å². The molecule has 1 aromatic carbocycles. The van der Waals surface area contributed by atoms with E-state index in [1.807, 2.05) is 33.8 Å². The average Bonchev–Trinajstić information content (AvgIpc) is 3.37. The zero-order valence-electron chi connectivity index (χ0n) is 24.6. The summed E-state index contributed by atoms with van der Waals surface area (Å²) in [7, 11) is 0. The van der Waals surface area contributed by atoms with E-state index in [0.717, 1.165) is 11.1 Å². The third kappa shape index (κ3) is 6.24. The van der Waals surface area contributed by atoms with Gasteiger partial charge in [0.15, 0.2) is 0 Å². The summed E-state index contributed by atoms with van der Waals surface area (Å²) >= 11 is 0. The highest BCUT2D eigenvalue weighted by Crippen LogP contribution is 2.47. The van der Waals surface area contributed by atoms with Gasteiger partial charge in [0.2, 0.25) is 5.91 Å². The maximum absolute atomic E-state index is 14.3. The highest BCUT2D eigenvalue weighted by Gasteiger charge is 2.51. The van der Waals surface area contributed by atoms with Gasteiger partial charge in [-0.2, -0.15) is 5.10 Å². The summed E-state index contributed by atoms with van der Waals surface area (Å²) in [6.07, 6.45) is 7.01. The van der Waals surface area contributed by atoms with Crippen LogP contribution < -0.4 is 10.9 Å². The van der Waals surface area contributed by atoms with Crippen molar-refractivity contribution in [3.63, 3.8) is 0 Å². The molecule has 2 aliphatic rings. The Bertz CT molecular complexity index is 1490. The molecule has 1 unspecified atom stereocenters. The van der Waals surface area contributed by atoms with Gasteiger partial charge in [-0.1, -0.05) is 32.9 Å². The summed E-state index contributed by atoms with van der Waals surface area (Å²) < 4.78 is 14.3. The highest BCUT2D eigenvalue weighted by atomic mass is 19.1. The second-order valence-corrected chi connectivity index (χ2v) is 12.2. The lowest BCUT2D eigenvalue weighted by Crippen LogP contribution is -2.56. The Morgan fingerprint density at radius 2 is 1.90 bits per heavy atom. The number of hydrogen-bond acceptors (Lipinski definition) is 5. The van der Waals surface area contributed by atoms with Gasteiger partial charge in [0, 0.05) is 40.5 Å². The molecule has 1 aliphatic heterocycles. The first-order valence-corrected chi connectivity index (χ1v) is 14.0. The number of amides is 2. The fourth-order valence-electron chi connectivity index (χ4n) is 6.11. The summed E-state index contributed by atoms with van der Waals surface area (Å²) in [4.78, 5) is 53.3. The minimum Gasteiger partial charge on any atom is -0.343 e. The molecule has 41 heavy (non-hydrogen) atoms. The summed E-state index contributed by atoms with van der Waals surface area (Å²) in [6, 6.07) is 6.28. The van der Waals surface area contributed by atoms with Crippen LogP contribution in [-0.2, 0) is 16.0 Å². The van der Waals surface area contributed by atoms with Crippen LogP contribution in [0.4, 0.5) is 4.39 Å². The Kier molecular flexibility index (Phi) is 8.47. The predicted octanol–water partition coefficient (Wildman–Crippen LogP) is 4.50. The number of aromatic nitrogens is 2. The smallest absolute Gasteiger partial charge is 0.267 e. The number of aryl methyl sites for hydroxylation is 2. The van der Waals surface area contributed by atoms with E-state index < -0.39 is 16.7 Å². The third-order valence-electron chi connectivity index (χ3n) is 8.87. The standard InChI is InChI=1S/C32H39FN4O4/c1-19-14-23(10-9-22(19)16-24-15-20(2)35-36-30(24)41)29(40)34-18-28(39)37-26(31(4,5)21(3)38)11-12-27(37)32(6)13-7-8-25(33)17-32/h7-10,14-15,17,26-27H,11-13,16,18H2,1-6H3,(H,34,40)(H,36,41)/t26-,27+,32?/m1/s1. The predicted molar refractivity (Wildman–Crippen MR) is 155 cm³/mol. The zero-order chi connectivity index (χ0) is 30.1. The van der Waals surface area contributed by atoms with Crippen LogP contribution in [0, 0.1) is 24.7 Å².